The summed E-state index contributed by atoms with van der Waals surface area (Å²) in [7, 11) is 0. The van der Waals surface area contributed by atoms with E-state index in [2.05, 4.69) is 10.5 Å². The van der Waals surface area contributed by atoms with Crippen molar-refractivity contribution in [3.63, 3.8) is 0 Å². The number of nitrogens with one attached hydrogen (secondary N) is 1. The number of ether oxygens (including phenoxy) is 1. The van der Waals surface area contributed by atoms with E-state index in [0.717, 1.165) is 5.56 Å². The minimum absolute atomic E-state index is 0.134. The van der Waals surface area contributed by atoms with Crippen LogP contribution in [0.1, 0.15) is 25.8 Å². The standard InChI is InChI=1S/C14H21N3O3/c1-14(2,8-12(15)17-19)10-16-13(18)20-9-11-6-4-3-5-7-11/h3-7,19H,8-10H2,1-2H3,(H2,15,17)(H,16,18). The third-order valence-electron chi connectivity index (χ3n) is 2.71. The lowest BCUT2D eigenvalue weighted by Crippen LogP contribution is -2.36. The van der Waals surface area contributed by atoms with Gasteiger partial charge in [0.1, 0.15) is 12.4 Å². The molecular weight excluding hydrogens is 258 g/mol. The Hall–Kier alpha value is -2.24. The second-order valence-electron chi connectivity index (χ2n) is 5.35. The maximum Gasteiger partial charge on any atom is 0.407 e. The van der Waals surface area contributed by atoms with E-state index >= 15 is 0 Å². The molecule has 0 spiro atoms. The third kappa shape index (κ3) is 6.08. The second kappa shape index (κ2) is 7.37. The quantitative estimate of drug-likeness (QED) is 0.321. The van der Waals surface area contributed by atoms with Gasteiger partial charge in [0, 0.05) is 13.0 Å². The number of oxime groups is 1. The summed E-state index contributed by atoms with van der Waals surface area (Å²) < 4.78 is 5.09. The maximum atomic E-state index is 11.6. The molecule has 0 fully saturated rings. The average Bonchev–Trinajstić information content (AvgIpc) is 2.43. The number of nitrogens with two attached hydrogens (primary N) is 1. The Morgan fingerprint density at radius 3 is 2.65 bits per heavy atom. The van der Waals surface area contributed by atoms with Gasteiger partial charge in [-0.1, -0.05) is 49.3 Å². The number of carbonyl (C=O) groups is 1. The van der Waals surface area contributed by atoms with Crippen LogP contribution in [0.5, 0.6) is 0 Å². The van der Waals surface area contributed by atoms with E-state index in [1.54, 1.807) is 0 Å². The van der Waals surface area contributed by atoms with Crippen LogP contribution < -0.4 is 11.1 Å². The third-order valence-corrected chi connectivity index (χ3v) is 2.71. The number of amides is 1. The molecule has 0 radical (unpaired) electrons. The van der Waals surface area contributed by atoms with Crippen molar-refractivity contribution in [2.24, 2.45) is 16.3 Å². The van der Waals surface area contributed by atoms with Crippen molar-refractivity contribution >= 4 is 11.9 Å². The number of benzene rings is 1. The Morgan fingerprint density at radius 2 is 2.05 bits per heavy atom. The van der Waals surface area contributed by atoms with E-state index in [1.165, 1.54) is 0 Å². The molecule has 0 unspecified atom stereocenters. The van der Waals surface area contributed by atoms with E-state index < -0.39 is 6.09 Å². The van der Waals surface area contributed by atoms with Gasteiger partial charge < -0.3 is 21.0 Å². The number of rotatable bonds is 6. The number of carbonyl (C=O) groups excluding carboxylic acids is 1. The van der Waals surface area contributed by atoms with Gasteiger partial charge in [-0.25, -0.2) is 4.79 Å². The number of hydrogen-bond donors (Lipinski definition) is 3. The lowest BCUT2D eigenvalue weighted by molar-refractivity contribution is 0.135. The zero-order chi connectivity index (χ0) is 15.0. The molecule has 0 aliphatic heterocycles. The van der Waals surface area contributed by atoms with Gasteiger partial charge in [-0.05, 0) is 11.0 Å². The Labute approximate surface area is 118 Å². The summed E-state index contributed by atoms with van der Waals surface area (Å²) in [6.07, 6.45) is -0.107. The van der Waals surface area contributed by atoms with E-state index in [-0.39, 0.29) is 17.9 Å². The molecule has 0 aliphatic rings. The smallest absolute Gasteiger partial charge is 0.407 e. The summed E-state index contributed by atoms with van der Waals surface area (Å²) in [4.78, 5) is 11.6. The van der Waals surface area contributed by atoms with E-state index in [4.69, 9.17) is 15.7 Å². The fourth-order valence-electron chi connectivity index (χ4n) is 1.67. The SMILES string of the molecule is CC(C)(CNC(=O)OCc1ccccc1)CC(N)=NO. The Morgan fingerprint density at radius 1 is 1.40 bits per heavy atom. The summed E-state index contributed by atoms with van der Waals surface area (Å²) in [5.41, 5.74) is 6.07. The van der Waals surface area contributed by atoms with Crippen LogP contribution in [-0.2, 0) is 11.3 Å². The molecule has 6 heteroatoms. The van der Waals surface area contributed by atoms with Gasteiger partial charge in [-0.2, -0.15) is 0 Å². The molecule has 0 saturated heterocycles. The van der Waals surface area contributed by atoms with Crippen molar-refractivity contribution in [2.45, 2.75) is 26.9 Å². The monoisotopic (exact) mass is 279 g/mol. The molecule has 1 rings (SSSR count). The summed E-state index contributed by atoms with van der Waals surface area (Å²) >= 11 is 0. The number of hydrogen-bond acceptors (Lipinski definition) is 4. The lowest BCUT2D eigenvalue weighted by atomic mass is 9.89. The Bertz CT molecular complexity index is 458. The molecule has 20 heavy (non-hydrogen) atoms. The highest BCUT2D eigenvalue weighted by atomic mass is 16.5. The summed E-state index contributed by atoms with van der Waals surface area (Å²) in [6.45, 7) is 4.41. The first-order chi connectivity index (χ1) is 9.43. The molecule has 110 valence electrons. The van der Waals surface area contributed by atoms with Crippen LogP contribution >= 0.6 is 0 Å². The Kier molecular flexibility index (Phi) is 5.83. The molecule has 0 bridgehead atoms. The minimum atomic E-state index is -0.485. The van der Waals surface area contributed by atoms with Crippen LogP contribution in [0.2, 0.25) is 0 Å². The fraction of sp³-hybridized carbons (Fsp3) is 0.429. The molecule has 0 aliphatic carbocycles. The molecule has 0 aromatic heterocycles. The average molecular weight is 279 g/mol. The highest BCUT2D eigenvalue weighted by Gasteiger charge is 2.21. The van der Waals surface area contributed by atoms with Crippen LogP contribution in [0.3, 0.4) is 0 Å². The van der Waals surface area contributed by atoms with Crippen molar-refractivity contribution in [2.75, 3.05) is 6.54 Å². The molecule has 4 N–H and O–H groups in total. The predicted octanol–water partition coefficient (Wildman–Crippen LogP) is 2.08. The Balaban J connectivity index is 2.32. The van der Waals surface area contributed by atoms with E-state index in [9.17, 15) is 4.79 Å². The minimum Gasteiger partial charge on any atom is -0.445 e. The highest BCUT2D eigenvalue weighted by molar-refractivity contribution is 5.80. The first kappa shape index (κ1) is 15.8. The van der Waals surface area contributed by atoms with E-state index in [1.807, 2.05) is 44.2 Å². The second-order valence-corrected chi connectivity index (χ2v) is 5.35. The molecular formula is C14H21N3O3. The molecule has 6 nitrogen and oxygen atoms in total. The van der Waals surface area contributed by atoms with Crippen molar-refractivity contribution in [1.82, 2.24) is 5.32 Å². The van der Waals surface area contributed by atoms with Gasteiger partial charge in [-0.3, -0.25) is 0 Å². The zero-order valence-electron chi connectivity index (χ0n) is 11.8. The van der Waals surface area contributed by atoms with Gasteiger partial charge >= 0.3 is 6.09 Å². The molecule has 1 aromatic rings. The van der Waals surface area contributed by atoms with Crippen molar-refractivity contribution in [3.05, 3.63) is 35.9 Å². The molecule has 0 saturated carbocycles. The molecule has 0 atom stereocenters. The van der Waals surface area contributed by atoms with Crippen LogP contribution in [0, 0.1) is 5.41 Å². The maximum absolute atomic E-state index is 11.6. The zero-order valence-corrected chi connectivity index (χ0v) is 11.8. The largest absolute Gasteiger partial charge is 0.445 e. The van der Waals surface area contributed by atoms with Crippen molar-refractivity contribution < 1.29 is 14.7 Å². The summed E-state index contributed by atoms with van der Waals surface area (Å²) in [6, 6.07) is 9.44. The normalized spacial score (nSPS) is 12.0. The first-order valence-electron chi connectivity index (χ1n) is 6.34. The van der Waals surface area contributed by atoms with Gasteiger partial charge in [0.2, 0.25) is 0 Å². The van der Waals surface area contributed by atoms with E-state index in [0.29, 0.717) is 13.0 Å². The number of nitrogens with zero attached hydrogens (tertiary/aromatic N) is 1. The van der Waals surface area contributed by atoms with Gasteiger partial charge in [-0.15, -0.1) is 0 Å². The first-order valence-corrected chi connectivity index (χ1v) is 6.34. The van der Waals surface area contributed by atoms with Crippen LogP contribution in [0.25, 0.3) is 0 Å². The van der Waals surface area contributed by atoms with Crippen LogP contribution in [0.15, 0.2) is 35.5 Å². The summed E-state index contributed by atoms with van der Waals surface area (Å²) in [5, 5.41) is 14.1. The molecule has 1 amide bonds. The number of amidine groups is 1. The fourth-order valence-corrected chi connectivity index (χ4v) is 1.67. The van der Waals surface area contributed by atoms with Gasteiger partial charge in [0.25, 0.3) is 0 Å². The number of alkyl carbamates (subject to hydrolysis) is 1. The topological polar surface area (TPSA) is 96.9 Å². The summed E-state index contributed by atoms with van der Waals surface area (Å²) in [5.74, 6) is 0.134. The lowest BCUT2D eigenvalue weighted by Gasteiger charge is -2.23. The van der Waals surface area contributed by atoms with Gasteiger partial charge in [0.05, 0.1) is 0 Å². The predicted molar refractivity (Wildman–Crippen MR) is 76.4 cm³/mol. The molecule has 1 aromatic carbocycles. The molecule has 0 heterocycles. The highest BCUT2D eigenvalue weighted by Crippen LogP contribution is 2.18. The van der Waals surface area contributed by atoms with Gasteiger partial charge in [0.15, 0.2) is 0 Å². The van der Waals surface area contributed by atoms with Crippen molar-refractivity contribution in [3.8, 4) is 0 Å². The van der Waals surface area contributed by atoms with Crippen LogP contribution in [-0.4, -0.2) is 23.7 Å². The van der Waals surface area contributed by atoms with Crippen LogP contribution in [0.4, 0.5) is 4.79 Å². The van der Waals surface area contributed by atoms with Crippen molar-refractivity contribution in [1.29, 1.82) is 0 Å².